The van der Waals surface area contributed by atoms with Crippen LogP contribution in [-0.4, -0.2) is 55.1 Å². The minimum atomic E-state index is -0.488. The van der Waals surface area contributed by atoms with E-state index in [9.17, 15) is 5.11 Å². The quantitative estimate of drug-likeness (QED) is 0.593. The first-order valence-electron chi connectivity index (χ1n) is 6.76. The van der Waals surface area contributed by atoms with Crippen molar-refractivity contribution in [2.75, 3.05) is 44.5 Å². The SMILES string of the molecule is CCCNc1ncnc(NCCC(O)COC)c1OC. The van der Waals surface area contributed by atoms with Gasteiger partial charge < -0.3 is 25.2 Å². The summed E-state index contributed by atoms with van der Waals surface area (Å²) >= 11 is 0. The van der Waals surface area contributed by atoms with E-state index >= 15 is 0 Å². The summed E-state index contributed by atoms with van der Waals surface area (Å²) in [6.45, 7) is 3.80. The fraction of sp³-hybridized carbons (Fsp3) is 0.692. The van der Waals surface area contributed by atoms with Gasteiger partial charge in [-0.2, -0.15) is 0 Å². The molecule has 0 aromatic carbocycles. The van der Waals surface area contributed by atoms with Crippen molar-refractivity contribution in [1.82, 2.24) is 9.97 Å². The third-order valence-corrected chi connectivity index (χ3v) is 2.68. The Hall–Kier alpha value is -1.60. The topological polar surface area (TPSA) is 88.5 Å². The number of aromatic nitrogens is 2. The van der Waals surface area contributed by atoms with Gasteiger partial charge in [0.05, 0.1) is 19.8 Å². The molecule has 1 aromatic rings. The maximum atomic E-state index is 9.58. The van der Waals surface area contributed by atoms with Crippen LogP contribution in [0.5, 0.6) is 5.75 Å². The van der Waals surface area contributed by atoms with Gasteiger partial charge in [-0.15, -0.1) is 0 Å². The van der Waals surface area contributed by atoms with Gasteiger partial charge in [-0.25, -0.2) is 9.97 Å². The van der Waals surface area contributed by atoms with Crippen molar-refractivity contribution in [3.8, 4) is 5.75 Å². The standard InChI is InChI=1S/C13H24N4O3/c1-4-6-14-12-11(20-3)13(17-9-16-12)15-7-5-10(18)8-19-2/h9-10,18H,4-8H2,1-3H3,(H2,14,15,16,17). The molecule has 1 unspecified atom stereocenters. The molecule has 7 heteroatoms. The van der Waals surface area contributed by atoms with E-state index in [-0.39, 0.29) is 0 Å². The summed E-state index contributed by atoms with van der Waals surface area (Å²) in [5.74, 6) is 1.87. The van der Waals surface area contributed by atoms with Gasteiger partial charge in [0.15, 0.2) is 11.6 Å². The second kappa shape index (κ2) is 9.33. The van der Waals surface area contributed by atoms with E-state index < -0.39 is 6.10 Å². The van der Waals surface area contributed by atoms with Gasteiger partial charge in [0, 0.05) is 20.2 Å². The van der Waals surface area contributed by atoms with E-state index in [1.807, 2.05) is 0 Å². The number of nitrogens with zero attached hydrogens (tertiary/aromatic N) is 2. The van der Waals surface area contributed by atoms with E-state index in [0.717, 1.165) is 13.0 Å². The third kappa shape index (κ3) is 5.18. The zero-order valence-electron chi connectivity index (χ0n) is 12.3. The van der Waals surface area contributed by atoms with E-state index in [1.165, 1.54) is 6.33 Å². The van der Waals surface area contributed by atoms with Gasteiger partial charge >= 0.3 is 0 Å². The summed E-state index contributed by atoms with van der Waals surface area (Å²) in [6.07, 6.45) is 2.56. The minimum Gasteiger partial charge on any atom is -0.490 e. The predicted octanol–water partition coefficient (Wildman–Crippen LogP) is 1.12. The van der Waals surface area contributed by atoms with Crippen molar-refractivity contribution in [2.45, 2.75) is 25.9 Å². The molecular formula is C13H24N4O3. The number of hydrogen-bond donors (Lipinski definition) is 3. The fourth-order valence-corrected chi connectivity index (χ4v) is 1.70. The van der Waals surface area contributed by atoms with Gasteiger partial charge in [-0.1, -0.05) is 6.92 Å². The zero-order chi connectivity index (χ0) is 14.8. The largest absolute Gasteiger partial charge is 0.490 e. The van der Waals surface area contributed by atoms with Crippen molar-refractivity contribution in [3.63, 3.8) is 0 Å². The molecule has 0 bridgehead atoms. The maximum absolute atomic E-state index is 9.58. The first-order chi connectivity index (χ1) is 9.72. The number of nitrogens with one attached hydrogen (secondary N) is 2. The van der Waals surface area contributed by atoms with Crippen LogP contribution in [0, 0.1) is 0 Å². The number of aliphatic hydroxyl groups is 1. The third-order valence-electron chi connectivity index (χ3n) is 2.68. The molecule has 1 atom stereocenters. The van der Waals surface area contributed by atoms with Crippen molar-refractivity contribution < 1.29 is 14.6 Å². The van der Waals surface area contributed by atoms with Crippen LogP contribution in [0.4, 0.5) is 11.6 Å². The van der Waals surface area contributed by atoms with Crippen LogP contribution < -0.4 is 15.4 Å². The normalized spacial score (nSPS) is 12.0. The lowest BCUT2D eigenvalue weighted by atomic mass is 10.2. The van der Waals surface area contributed by atoms with Crippen molar-refractivity contribution >= 4 is 11.6 Å². The summed E-state index contributed by atoms with van der Waals surface area (Å²) in [5, 5.41) is 15.9. The van der Waals surface area contributed by atoms with Crippen LogP contribution in [0.2, 0.25) is 0 Å². The highest BCUT2D eigenvalue weighted by atomic mass is 16.5. The molecule has 0 aliphatic rings. The summed E-state index contributed by atoms with van der Waals surface area (Å²) < 4.78 is 10.2. The van der Waals surface area contributed by atoms with Gasteiger partial charge in [-0.05, 0) is 12.8 Å². The molecule has 0 radical (unpaired) electrons. The first kappa shape index (κ1) is 16.5. The number of anilines is 2. The zero-order valence-corrected chi connectivity index (χ0v) is 12.3. The van der Waals surface area contributed by atoms with Crippen LogP contribution in [0.3, 0.4) is 0 Å². The molecule has 1 heterocycles. The number of aliphatic hydroxyl groups excluding tert-OH is 1. The van der Waals surface area contributed by atoms with Gasteiger partial charge in [0.1, 0.15) is 6.33 Å². The van der Waals surface area contributed by atoms with Crippen LogP contribution in [0.15, 0.2) is 6.33 Å². The Morgan fingerprint density at radius 1 is 1.20 bits per heavy atom. The van der Waals surface area contributed by atoms with Gasteiger partial charge in [-0.3, -0.25) is 0 Å². The molecule has 0 saturated heterocycles. The lowest BCUT2D eigenvalue weighted by molar-refractivity contribution is 0.0615. The highest BCUT2D eigenvalue weighted by Gasteiger charge is 2.12. The molecule has 0 aliphatic carbocycles. The van der Waals surface area contributed by atoms with Crippen LogP contribution in [0.1, 0.15) is 19.8 Å². The summed E-state index contributed by atoms with van der Waals surface area (Å²) in [5.41, 5.74) is 0. The number of ether oxygens (including phenoxy) is 2. The van der Waals surface area contributed by atoms with E-state index in [1.54, 1.807) is 14.2 Å². The van der Waals surface area contributed by atoms with Crippen LogP contribution in [-0.2, 0) is 4.74 Å². The summed E-state index contributed by atoms with van der Waals surface area (Å²) in [6, 6.07) is 0. The van der Waals surface area contributed by atoms with E-state index in [4.69, 9.17) is 9.47 Å². The lowest BCUT2D eigenvalue weighted by Crippen LogP contribution is -2.19. The van der Waals surface area contributed by atoms with E-state index in [2.05, 4.69) is 27.5 Å². The molecule has 0 saturated carbocycles. The second-order valence-electron chi connectivity index (χ2n) is 4.36. The minimum absolute atomic E-state index is 0.325. The summed E-state index contributed by atoms with van der Waals surface area (Å²) in [4.78, 5) is 8.32. The molecule has 0 aliphatic heterocycles. The molecule has 7 nitrogen and oxygen atoms in total. The van der Waals surface area contributed by atoms with Gasteiger partial charge in [0.2, 0.25) is 5.75 Å². The molecule has 0 spiro atoms. The Labute approximate surface area is 119 Å². The van der Waals surface area contributed by atoms with Crippen molar-refractivity contribution in [1.29, 1.82) is 0 Å². The number of methoxy groups -OCH3 is 2. The van der Waals surface area contributed by atoms with E-state index in [0.29, 0.717) is 37.0 Å². The molecule has 1 rings (SSSR count). The average molecular weight is 284 g/mol. The molecule has 3 N–H and O–H groups in total. The molecule has 0 fully saturated rings. The number of rotatable bonds is 10. The lowest BCUT2D eigenvalue weighted by Gasteiger charge is -2.15. The molecule has 1 aromatic heterocycles. The molecule has 0 amide bonds. The molecule has 20 heavy (non-hydrogen) atoms. The van der Waals surface area contributed by atoms with Crippen molar-refractivity contribution in [2.24, 2.45) is 0 Å². The highest BCUT2D eigenvalue weighted by Crippen LogP contribution is 2.28. The highest BCUT2D eigenvalue weighted by molar-refractivity contribution is 5.63. The fourth-order valence-electron chi connectivity index (χ4n) is 1.70. The second-order valence-corrected chi connectivity index (χ2v) is 4.36. The molecular weight excluding hydrogens is 260 g/mol. The average Bonchev–Trinajstić information content (AvgIpc) is 2.45. The Balaban J connectivity index is 2.60. The summed E-state index contributed by atoms with van der Waals surface area (Å²) in [7, 11) is 3.15. The van der Waals surface area contributed by atoms with Crippen molar-refractivity contribution in [3.05, 3.63) is 6.33 Å². The van der Waals surface area contributed by atoms with Gasteiger partial charge in [0.25, 0.3) is 0 Å². The molecule has 114 valence electrons. The Morgan fingerprint density at radius 3 is 2.40 bits per heavy atom. The first-order valence-corrected chi connectivity index (χ1v) is 6.76. The maximum Gasteiger partial charge on any atom is 0.204 e. The van der Waals surface area contributed by atoms with Crippen LogP contribution in [0.25, 0.3) is 0 Å². The predicted molar refractivity (Wildman–Crippen MR) is 78.4 cm³/mol. The Kier molecular flexibility index (Phi) is 7.67. The Bertz CT molecular complexity index is 390. The monoisotopic (exact) mass is 284 g/mol. The van der Waals surface area contributed by atoms with Crippen LogP contribution >= 0.6 is 0 Å². The number of hydrogen-bond acceptors (Lipinski definition) is 7. The Morgan fingerprint density at radius 2 is 1.85 bits per heavy atom. The smallest absolute Gasteiger partial charge is 0.204 e.